The smallest absolute Gasteiger partial charge is 0.306 e. The lowest BCUT2D eigenvalue weighted by Gasteiger charge is -2.18. The van der Waals surface area contributed by atoms with Crippen LogP contribution in [0.2, 0.25) is 0 Å². The molecule has 0 heterocycles. The average molecular weight is 779 g/mol. The maximum absolute atomic E-state index is 12.7. The summed E-state index contributed by atoms with van der Waals surface area (Å²) >= 11 is 0. The lowest BCUT2D eigenvalue weighted by atomic mass is 10.1. The van der Waals surface area contributed by atoms with Crippen LogP contribution in [-0.2, 0) is 28.6 Å². The van der Waals surface area contributed by atoms with Crippen molar-refractivity contribution < 1.29 is 28.6 Å². The van der Waals surface area contributed by atoms with Gasteiger partial charge in [-0.3, -0.25) is 14.4 Å². The Hall–Kier alpha value is -3.41. The first kappa shape index (κ1) is 52.6. The summed E-state index contributed by atoms with van der Waals surface area (Å²) in [6, 6.07) is 0. The molecule has 0 saturated carbocycles. The Morgan fingerprint density at radius 3 is 1.25 bits per heavy atom. The van der Waals surface area contributed by atoms with Crippen LogP contribution >= 0.6 is 0 Å². The van der Waals surface area contributed by atoms with Crippen molar-refractivity contribution in [1.29, 1.82) is 0 Å². The zero-order chi connectivity index (χ0) is 40.8. The van der Waals surface area contributed by atoms with Crippen LogP contribution in [0.5, 0.6) is 0 Å². The number of rotatable bonds is 39. The highest BCUT2D eigenvalue weighted by Gasteiger charge is 2.19. The molecule has 0 rings (SSSR count). The zero-order valence-corrected chi connectivity index (χ0v) is 36.1. The molecule has 318 valence electrons. The second-order valence-corrected chi connectivity index (χ2v) is 14.7. The number of carbonyl (C=O) groups excluding carboxylic acids is 3. The number of hydrogen-bond acceptors (Lipinski definition) is 6. The van der Waals surface area contributed by atoms with Gasteiger partial charge in [-0.25, -0.2) is 0 Å². The van der Waals surface area contributed by atoms with Crippen LogP contribution in [0, 0.1) is 0 Å². The Bertz CT molecular complexity index is 1120. The molecule has 0 saturated heterocycles. The Morgan fingerprint density at radius 1 is 0.357 bits per heavy atom. The van der Waals surface area contributed by atoms with Crippen LogP contribution in [0.25, 0.3) is 0 Å². The summed E-state index contributed by atoms with van der Waals surface area (Å²) in [6.45, 7) is 6.39. The van der Waals surface area contributed by atoms with E-state index in [-0.39, 0.29) is 31.1 Å². The lowest BCUT2D eigenvalue weighted by Crippen LogP contribution is -2.30. The number of hydrogen-bond donors (Lipinski definition) is 0. The van der Waals surface area contributed by atoms with E-state index in [4.69, 9.17) is 14.2 Å². The molecule has 0 fully saturated rings. The largest absolute Gasteiger partial charge is 0.462 e. The van der Waals surface area contributed by atoms with E-state index in [1.807, 2.05) is 36.5 Å². The Morgan fingerprint density at radius 2 is 0.732 bits per heavy atom. The minimum Gasteiger partial charge on any atom is -0.462 e. The first-order valence-electron chi connectivity index (χ1n) is 22.7. The minimum absolute atomic E-state index is 0.103. The van der Waals surface area contributed by atoms with Crippen molar-refractivity contribution in [3.63, 3.8) is 0 Å². The van der Waals surface area contributed by atoms with Gasteiger partial charge in [0.05, 0.1) is 0 Å². The van der Waals surface area contributed by atoms with Gasteiger partial charge in [0, 0.05) is 19.3 Å². The molecule has 56 heavy (non-hydrogen) atoms. The second-order valence-electron chi connectivity index (χ2n) is 14.7. The van der Waals surface area contributed by atoms with Gasteiger partial charge in [-0.05, 0) is 77.0 Å². The van der Waals surface area contributed by atoms with Crippen LogP contribution in [0.1, 0.15) is 194 Å². The van der Waals surface area contributed by atoms with Gasteiger partial charge in [0.1, 0.15) is 13.2 Å². The molecule has 0 bridgehead atoms. The molecule has 6 nitrogen and oxygen atoms in total. The van der Waals surface area contributed by atoms with Crippen molar-refractivity contribution in [2.75, 3.05) is 13.2 Å². The van der Waals surface area contributed by atoms with E-state index < -0.39 is 6.10 Å². The topological polar surface area (TPSA) is 78.9 Å². The number of esters is 3. The normalized spacial score (nSPS) is 12.8. The molecule has 0 aromatic rings. The van der Waals surface area contributed by atoms with Crippen molar-refractivity contribution in [2.45, 2.75) is 200 Å². The van der Waals surface area contributed by atoms with E-state index >= 15 is 0 Å². The SMILES string of the molecule is CCC\C=C/C=C\C=C/C=C\C=C/CCCCCCCC(=O)OCC(COC(=O)CCC/C=C\CCCCCC)OC(=O)CCCCCCC/C=C\CCCC. The molecule has 0 aliphatic carbocycles. The first-order valence-corrected chi connectivity index (χ1v) is 22.7. The van der Waals surface area contributed by atoms with Crippen molar-refractivity contribution in [2.24, 2.45) is 0 Å². The Kier molecular flexibility index (Phi) is 41.6. The van der Waals surface area contributed by atoms with E-state index in [0.717, 1.165) is 89.9 Å². The predicted molar refractivity (Wildman–Crippen MR) is 237 cm³/mol. The van der Waals surface area contributed by atoms with E-state index in [1.54, 1.807) is 0 Å². The summed E-state index contributed by atoms with van der Waals surface area (Å²) in [5.74, 6) is -0.981. The summed E-state index contributed by atoms with van der Waals surface area (Å²) in [5, 5.41) is 0. The number of unbranched alkanes of at least 4 members (excludes halogenated alkanes) is 18. The van der Waals surface area contributed by atoms with E-state index in [1.165, 1.54) is 57.8 Å². The molecule has 0 aromatic heterocycles. The summed E-state index contributed by atoms with van der Waals surface area (Å²) in [4.78, 5) is 37.6. The number of allylic oxidation sites excluding steroid dienone is 14. The molecule has 0 aliphatic rings. The van der Waals surface area contributed by atoms with Gasteiger partial charge in [0.25, 0.3) is 0 Å². The standard InChI is InChI=1S/C50H82O6/c1-4-7-10-13-16-19-21-22-23-24-25-26-27-29-31-34-37-40-43-49(52)55-46-47(45-54-48(51)42-39-36-33-30-18-15-12-9-6-3)56-50(53)44-41-38-35-32-28-20-17-14-11-8-5-2/h10,13-14,16-17,19,21-26,30,33,47H,4-9,11-12,15,18,20,27-29,31-32,34-46H2,1-3H3/b13-10-,17-14-,19-16-,22-21-,24-23-,26-25-,33-30-. The molecule has 0 aromatic carbocycles. The highest BCUT2D eigenvalue weighted by Crippen LogP contribution is 2.12. The van der Waals surface area contributed by atoms with Crippen LogP contribution in [-0.4, -0.2) is 37.2 Å². The fourth-order valence-corrected chi connectivity index (χ4v) is 5.75. The molecule has 0 amide bonds. The second kappa shape index (κ2) is 44.3. The van der Waals surface area contributed by atoms with Gasteiger partial charge < -0.3 is 14.2 Å². The summed E-state index contributed by atoms with van der Waals surface area (Å²) < 4.78 is 16.6. The molecule has 0 radical (unpaired) electrons. The predicted octanol–water partition coefficient (Wildman–Crippen LogP) is 14.5. The van der Waals surface area contributed by atoms with Crippen LogP contribution in [0.4, 0.5) is 0 Å². The third-order valence-corrected chi connectivity index (χ3v) is 9.20. The van der Waals surface area contributed by atoms with Gasteiger partial charge in [0.15, 0.2) is 6.10 Å². The quantitative estimate of drug-likeness (QED) is 0.0203. The van der Waals surface area contributed by atoms with Gasteiger partial charge in [0.2, 0.25) is 0 Å². The maximum Gasteiger partial charge on any atom is 0.306 e. The lowest BCUT2D eigenvalue weighted by molar-refractivity contribution is -0.167. The molecule has 1 atom stereocenters. The molecular formula is C50H82O6. The van der Waals surface area contributed by atoms with Gasteiger partial charge in [-0.2, -0.15) is 0 Å². The average Bonchev–Trinajstić information content (AvgIpc) is 3.19. The minimum atomic E-state index is -0.800. The Labute approximate surface area is 344 Å². The van der Waals surface area contributed by atoms with E-state index in [2.05, 4.69) is 69.4 Å². The highest BCUT2D eigenvalue weighted by atomic mass is 16.6. The highest BCUT2D eigenvalue weighted by molar-refractivity contribution is 5.71. The first-order chi connectivity index (χ1) is 27.5. The van der Waals surface area contributed by atoms with Crippen LogP contribution in [0.15, 0.2) is 85.1 Å². The summed E-state index contributed by atoms with van der Waals surface area (Å²) in [6.07, 6.45) is 55.7. The summed E-state index contributed by atoms with van der Waals surface area (Å²) in [7, 11) is 0. The zero-order valence-electron chi connectivity index (χ0n) is 36.1. The van der Waals surface area contributed by atoms with Crippen molar-refractivity contribution >= 4 is 17.9 Å². The fourth-order valence-electron chi connectivity index (χ4n) is 5.75. The third-order valence-electron chi connectivity index (χ3n) is 9.20. The molecule has 0 aliphatic heterocycles. The molecule has 1 unspecified atom stereocenters. The monoisotopic (exact) mass is 779 g/mol. The van der Waals surface area contributed by atoms with E-state index in [0.29, 0.717) is 25.7 Å². The van der Waals surface area contributed by atoms with Crippen molar-refractivity contribution in [3.05, 3.63) is 85.1 Å². The maximum atomic E-state index is 12.7. The molecule has 0 N–H and O–H groups in total. The van der Waals surface area contributed by atoms with Crippen molar-refractivity contribution in [3.8, 4) is 0 Å². The van der Waals surface area contributed by atoms with Crippen LogP contribution < -0.4 is 0 Å². The fraction of sp³-hybridized carbons (Fsp3) is 0.660. The molecule has 0 spiro atoms. The van der Waals surface area contributed by atoms with E-state index in [9.17, 15) is 14.4 Å². The van der Waals surface area contributed by atoms with Crippen LogP contribution in [0.3, 0.4) is 0 Å². The molecule has 6 heteroatoms. The number of carbonyl (C=O) groups is 3. The van der Waals surface area contributed by atoms with Crippen molar-refractivity contribution in [1.82, 2.24) is 0 Å². The third kappa shape index (κ3) is 41.7. The summed E-state index contributed by atoms with van der Waals surface area (Å²) in [5.41, 5.74) is 0. The Balaban J connectivity index is 4.44. The van der Waals surface area contributed by atoms with Gasteiger partial charge >= 0.3 is 17.9 Å². The van der Waals surface area contributed by atoms with Gasteiger partial charge in [-0.15, -0.1) is 0 Å². The van der Waals surface area contributed by atoms with Gasteiger partial charge in [-0.1, -0.05) is 183 Å². The molecular weight excluding hydrogens is 697 g/mol. The number of ether oxygens (including phenoxy) is 3.